The van der Waals surface area contributed by atoms with Gasteiger partial charge in [-0.25, -0.2) is 0 Å². The Morgan fingerprint density at radius 2 is 2.09 bits per heavy atom. The third-order valence-electron chi connectivity index (χ3n) is 4.26. The molecule has 0 radical (unpaired) electrons. The van der Waals surface area contributed by atoms with Crippen LogP contribution in [0.2, 0.25) is 0 Å². The van der Waals surface area contributed by atoms with Crippen molar-refractivity contribution in [3.63, 3.8) is 0 Å². The minimum absolute atomic E-state index is 0.132. The van der Waals surface area contributed by atoms with Gasteiger partial charge in [0.2, 0.25) is 0 Å². The molecule has 1 saturated carbocycles. The quantitative estimate of drug-likeness (QED) is 0.464. The molecule has 6 nitrogen and oxygen atoms in total. The third kappa shape index (κ3) is 3.72. The maximum Gasteiger partial charge on any atom is 0.269 e. The lowest BCUT2D eigenvalue weighted by Gasteiger charge is -2.25. The molecule has 0 aliphatic heterocycles. The number of nitrogens with zero attached hydrogens (tertiary/aromatic N) is 4. The monoisotopic (exact) mass is 332 g/mol. The van der Waals surface area contributed by atoms with Crippen LogP contribution < -0.4 is 0 Å². The van der Waals surface area contributed by atoms with Crippen molar-refractivity contribution in [3.8, 4) is 0 Å². The normalized spacial score (nSPS) is 15.7. The van der Waals surface area contributed by atoms with Crippen LogP contribution in [0.4, 0.5) is 5.69 Å². The second kappa shape index (κ2) is 7.12. The molecule has 3 rings (SSSR count). The molecule has 1 aromatic heterocycles. The van der Waals surface area contributed by atoms with Crippen LogP contribution >= 0.6 is 11.8 Å². The van der Waals surface area contributed by atoms with Crippen LogP contribution in [-0.4, -0.2) is 19.7 Å². The number of hydrogen-bond acceptors (Lipinski definition) is 5. The lowest BCUT2D eigenvalue weighted by atomic mass is 9.95. The SMILES string of the molecule is Cc1nnc(SCc2cccc([N+](=O)[O-])c2)n1C1CCCCC1. The summed E-state index contributed by atoms with van der Waals surface area (Å²) in [5.74, 6) is 1.62. The maximum absolute atomic E-state index is 10.9. The average Bonchev–Trinajstić information content (AvgIpc) is 2.94. The smallest absolute Gasteiger partial charge is 0.269 e. The molecule has 0 atom stereocenters. The van der Waals surface area contributed by atoms with Gasteiger partial charge in [-0.1, -0.05) is 43.2 Å². The molecule has 1 fully saturated rings. The topological polar surface area (TPSA) is 73.8 Å². The van der Waals surface area contributed by atoms with E-state index in [1.165, 1.54) is 38.2 Å². The standard InChI is InChI=1S/C16H20N4O2S/c1-12-17-18-16(19(12)14-7-3-2-4-8-14)23-11-13-6-5-9-15(10-13)20(21)22/h5-6,9-10,14H,2-4,7-8,11H2,1H3. The molecule has 0 bridgehead atoms. The summed E-state index contributed by atoms with van der Waals surface area (Å²) in [5.41, 5.74) is 1.06. The zero-order valence-electron chi connectivity index (χ0n) is 13.1. The van der Waals surface area contributed by atoms with Gasteiger partial charge < -0.3 is 4.57 Å². The molecule has 1 aliphatic rings. The van der Waals surface area contributed by atoms with Crippen LogP contribution in [0.1, 0.15) is 49.5 Å². The molecule has 1 aromatic carbocycles. The zero-order valence-corrected chi connectivity index (χ0v) is 14.0. The summed E-state index contributed by atoms with van der Waals surface area (Å²) in [6.45, 7) is 2.00. The number of nitro benzene ring substituents is 1. The highest BCUT2D eigenvalue weighted by Crippen LogP contribution is 2.33. The van der Waals surface area contributed by atoms with E-state index in [0.717, 1.165) is 16.5 Å². The number of thioether (sulfide) groups is 1. The van der Waals surface area contributed by atoms with E-state index in [9.17, 15) is 10.1 Å². The molecule has 1 aliphatic carbocycles. The van der Waals surface area contributed by atoms with Gasteiger partial charge >= 0.3 is 0 Å². The van der Waals surface area contributed by atoms with E-state index in [2.05, 4.69) is 14.8 Å². The van der Waals surface area contributed by atoms with E-state index in [0.29, 0.717) is 11.8 Å². The minimum atomic E-state index is -0.358. The van der Waals surface area contributed by atoms with E-state index in [1.54, 1.807) is 23.9 Å². The average molecular weight is 332 g/mol. The summed E-state index contributed by atoms with van der Waals surface area (Å²) in [4.78, 5) is 10.5. The fraction of sp³-hybridized carbons (Fsp3) is 0.500. The summed E-state index contributed by atoms with van der Waals surface area (Å²) in [6.07, 6.45) is 6.20. The molecule has 122 valence electrons. The van der Waals surface area contributed by atoms with E-state index in [4.69, 9.17) is 0 Å². The molecule has 0 N–H and O–H groups in total. The number of aryl methyl sites for hydroxylation is 1. The molecular formula is C16H20N4O2S. The molecule has 0 amide bonds. The van der Waals surface area contributed by atoms with Gasteiger partial charge in [-0.15, -0.1) is 10.2 Å². The van der Waals surface area contributed by atoms with Crippen molar-refractivity contribution in [1.29, 1.82) is 0 Å². The second-order valence-electron chi connectivity index (χ2n) is 5.91. The zero-order chi connectivity index (χ0) is 16.2. The molecule has 0 spiro atoms. The summed E-state index contributed by atoms with van der Waals surface area (Å²) in [6, 6.07) is 7.27. The number of aromatic nitrogens is 3. The van der Waals surface area contributed by atoms with E-state index in [-0.39, 0.29) is 10.6 Å². The van der Waals surface area contributed by atoms with Crippen LogP contribution in [0.15, 0.2) is 29.4 Å². The fourth-order valence-electron chi connectivity index (χ4n) is 3.12. The van der Waals surface area contributed by atoms with Crippen molar-refractivity contribution >= 4 is 17.4 Å². The van der Waals surface area contributed by atoms with Crippen molar-refractivity contribution in [2.45, 2.75) is 56.0 Å². The predicted octanol–water partition coefficient (Wildman–Crippen LogP) is 4.29. The highest BCUT2D eigenvalue weighted by molar-refractivity contribution is 7.98. The van der Waals surface area contributed by atoms with Gasteiger partial charge in [0, 0.05) is 23.9 Å². The van der Waals surface area contributed by atoms with Crippen LogP contribution in [0.25, 0.3) is 0 Å². The first-order chi connectivity index (χ1) is 11.1. The van der Waals surface area contributed by atoms with Crippen LogP contribution in [0.3, 0.4) is 0 Å². The van der Waals surface area contributed by atoms with Crippen molar-refractivity contribution in [3.05, 3.63) is 45.8 Å². The van der Waals surface area contributed by atoms with Gasteiger partial charge in [0.05, 0.1) is 4.92 Å². The number of nitro groups is 1. The van der Waals surface area contributed by atoms with Crippen molar-refractivity contribution in [2.24, 2.45) is 0 Å². The summed E-state index contributed by atoms with van der Waals surface area (Å²) in [5, 5.41) is 20.3. The van der Waals surface area contributed by atoms with Crippen molar-refractivity contribution < 1.29 is 4.92 Å². The Kier molecular flexibility index (Phi) is 4.95. The van der Waals surface area contributed by atoms with Crippen molar-refractivity contribution in [2.75, 3.05) is 0 Å². The van der Waals surface area contributed by atoms with Crippen LogP contribution in [0.5, 0.6) is 0 Å². The van der Waals surface area contributed by atoms with Crippen LogP contribution in [0, 0.1) is 17.0 Å². The van der Waals surface area contributed by atoms with Gasteiger partial charge in [0.1, 0.15) is 5.82 Å². The summed E-state index contributed by atoms with van der Waals surface area (Å²) >= 11 is 1.60. The Labute approximate surface area is 139 Å². The number of non-ortho nitro benzene ring substituents is 1. The lowest BCUT2D eigenvalue weighted by molar-refractivity contribution is -0.384. The molecule has 0 unspecified atom stereocenters. The second-order valence-corrected chi connectivity index (χ2v) is 6.85. The first-order valence-electron chi connectivity index (χ1n) is 7.93. The van der Waals surface area contributed by atoms with Crippen LogP contribution in [-0.2, 0) is 5.75 Å². The first-order valence-corrected chi connectivity index (χ1v) is 8.91. The fourth-order valence-corrected chi connectivity index (χ4v) is 4.11. The number of benzene rings is 1. The van der Waals surface area contributed by atoms with Crippen molar-refractivity contribution in [1.82, 2.24) is 14.8 Å². The van der Waals surface area contributed by atoms with Gasteiger partial charge in [-0.3, -0.25) is 10.1 Å². The molecular weight excluding hydrogens is 312 g/mol. The number of rotatable bonds is 5. The largest absolute Gasteiger partial charge is 0.303 e. The highest BCUT2D eigenvalue weighted by atomic mass is 32.2. The minimum Gasteiger partial charge on any atom is -0.303 e. The Bertz CT molecular complexity index is 695. The predicted molar refractivity (Wildman–Crippen MR) is 89.5 cm³/mol. The Balaban J connectivity index is 1.73. The van der Waals surface area contributed by atoms with Gasteiger partial charge in [0.15, 0.2) is 5.16 Å². The lowest BCUT2D eigenvalue weighted by Crippen LogP contribution is -2.15. The maximum atomic E-state index is 10.9. The molecule has 7 heteroatoms. The van der Waals surface area contributed by atoms with Gasteiger partial charge in [-0.05, 0) is 25.3 Å². The van der Waals surface area contributed by atoms with E-state index in [1.807, 2.05) is 13.0 Å². The number of hydrogen-bond donors (Lipinski definition) is 0. The Morgan fingerprint density at radius 3 is 2.83 bits per heavy atom. The van der Waals surface area contributed by atoms with E-state index >= 15 is 0 Å². The third-order valence-corrected chi connectivity index (χ3v) is 5.28. The summed E-state index contributed by atoms with van der Waals surface area (Å²) < 4.78 is 2.25. The van der Waals surface area contributed by atoms with Gasteiger partial charge in [-0.2, -0.15) is 0 Å². The van der Waals surface area contributed by atoms with Gasteiger partial charge in [0.25, 0.3) is 5.69 Å². The highest BCUT2D eigenvalue weighted by Gasteiger charge is 2.21. The Morgan fingerprint density at radius 1 is 1.30 bits per heavy atom. The molecule has 0 saturated heterocycles. The molecule has 1 heterocycles. The Hall–Kier alpha value is -1.89. The van der Waals surface area contributed by atoms with E-state index < -0.39 is 0 Å². The summed E-state index contributed by atoms with van der Waals surface area (Å²) in [7, 11) is 0. The first kappa shape index (κ1) is 16.0. The molecule has 23 heavy (non-hydrogen) atoms. The molecule has 2 aromatic rings.